The Kier molecular flexibility index (Phi) is 2.15. The van der Waals surface area contributed by atoms with E-state index in [4.69, 9.17) is 10.8 Å². The molecule has 0 spiro atoms. The lowest BCUT2D eigenvalue weighted by Gasteiger charge is -2.07. The van der Waals surface area contributed by atoms with E-state index in [0.29, 0.717) is 5.92 Å². The van der Waals surface area contributed by atoms with Gasteiger partial charge in [0.25, 0.3) is 0 Å². The third-order valence-corrected chi connectivity index (χ3v) is 2.94. The van der Waals surface area contributed by atoms with Crippen LogP contribution < -0.4 is 5.73 Å². The van der Waals surface area contributed by atoms with Crippen LogP contribution in [0, 0.1) is 0 Å². The molecule has 84 valence electrons. The molecule has 5 heteroatoms. The van der Waals surface area contributed by atoms with Gasteiger partial charge in [-0.1, -0.05) is 6.07 Å². The quantitative estimate of drug-likeness (QED) is 0.791. The van der Waals surface area contributed by atoms with Crippen molar-refractivity contribution in [2.45, 2.75) is 24.8 Å². The molecule has 1 aliphatic carbocycles. The highest BCUT2D eigenvalue weighted by Gasteiger charge is 2.27. The summed E-state index contributed by atoms with van der Waals surface area (Å²) >= 11 is 0. The van der Waals surface area contributed by atoms with Crippen molar-refractivity contribution in [1.29, 1.82) is 0 Å². The summed E-state index contributed by atoms with van der Waals surface area (Å²) in [4.78, 5) is 4.45. The molecule has 0 radical (unpaired) electrons. The van der Waals surface area contributed by atoms with Crippen molar-refractivity contribution in [1.82, 2.24) is 14.6 Å². The predicted octanol–water partition coefficient (Wildman–Crippen LogP) is 0.599. The van der Waals surface area contributed by atoms with Crippen LogP contribution in [0.2, 0.25) is 0 Å². The van der Waals surface area contributed by atoms with Crippen LogP contribution in [0.3, 0.4) is 0 Å². The van der Waals surface area contributed by atoms with Gasteiger partial charge in [0.1, 0.15) is 0 Å². The molecule has 2 aromatic rings. The Hall–Kier alpha value is -1.46. The second-order valence-corrected chi connectivity index (χ2v) is 4.30. The van der Waals surface area contributed by atoms with Gasteiger partial charge < -0.3 is 10.8 Å². The Morgan fingerprint density at radius 3 is 3.00 bits per heavy atom. The molecule has 1 atom stereocenters. The molecular formula is C11H14N4O. The Morgan fingerprint density at radius 1 is 1.50 bits per heavy atom. The molecule has 0 aromatic carbocycles. The molecule has 1 fully saturated rings. The van der Waals surface area contributed by atoms with Crippen molar-refractivity contribution in [2.75, 3.05) is 6.61 Å². The average Bonchev–Trinajstić information content (AvgIpc) is 3.07. The maximum Gasteiger partial charge on any atom is 0.155 e. The number of nitrogens with two attached hydrogens (primary N) is 1. The first-order chi connectivity index (χ1) is 7.78. The highest BCUT2D eigenvalue weighted by molar-refractivity contribution is 5.40. The van der Waals surface area contributed by atoms with E-state index in [1.54, 1.807) is 4.52 Å². The molecule has 3 N–H and O–H groups in total. The highest BCUT2D eigenvalue weighted by atomic mass is 16.3. The predicted molar refractivity (Wildman–Crippen MR) is 59.0 cm³/mol. The zero-order chi connectivity index (χ0) is 11.1. The van der Waals surface area contributed by atoms with Crippen molar-refractivity contribution >= 4 is 5.65 Å². The largest absolute Gasteiger partial charge is 0.394 e. The molecule has 16 heavy (non-hydrogen) atoms. The van der Waals surface area contributed by atoms with Crippen LogP contribution in [0.4, 0.5) is 0 Å². The van der Waals surface area contributed by atoms with Gasteiger partial charge in [-0.15, -0.1) is 0 Å². The molecule has 3 rings (SSSR count). The summed E-state index contributed by atoms with van der Waals surface area (Å²) in [7, 11) is 0. The van der Waals surface area contributed by atoms with Gasteiger partial charge in [-0.2, -0.15) is 5.10 Å². The van der Waals surface area contributed by atoms with Crippen LogP contribution in [0.1, 0.15) is 36.2 Å². The van der Waals surface area contributed by atoms with Gasteiger partial charge in [0, 0.05) is 12.1 Å². The number of aliphatic hydroxyl groups excluding tert-OH is 1. The molecule has 0 saturated heterocycles. The van der Waals surface area contributed by atoms with Gasteiger partial charge in [-0.05, 0) is 24.5 Å². The topological polar surface area (TPSA) is 76.4 Å². The fourth-order valence-corrected chi connectivity index (χ4v) is 1.76. The van der Waals surface area contributed by atoms with E-state index >= 15 is 0 Å². The molecule has 2 aromatic heterocycles. The minimum absolute atomic E-state index is 0.0598. The molecular weight excluding hydrogens is 204 g/mol. The first-order valence-corrected chi connectivity index (χ1v) is 5.50. The number of rotatable bonds is 3. The number of hydrogen-bond donors (Lipinski definition) is 2. The third kappa shape index (κ3) is 1.58. The average molecular weight is 218 g/mol. The number of hydrogen-bond acceptors (Lipinski definition) is 4. The fourth-order valence-electron chi connectivity index (χ4n) is 1.76. The lowest BCUT2D eigenvalue weighted by molar-refractivity contribution is 0.267. The van der Waals surface area contributed by atoms with E-state index in [1.807, 2.05) is 18.3 Å². The number of aromatic nitrogens is 3. The van der Waals surface area contributed by atoms with Crippen LogP contribution in [0.15, 0.2) is 18.3 Å². The van der Waals surface area contributed by atoms with Crippen molar-refractivity contribution in [3.8, 4) is 0 Å². The van der Waals surface area contributed by atoms with Crippen LogP contribution in [-0.2, 0) is 0 Å². The molecule has 0 aliphatic heterocycles. The molecule has 1 aliphatic rings. The Bertz CT molecular complexity index is 518. The summed E-state index contributed by atoms with van der Waals surface area (Å²) in [5.41, 5.74) is 7.47. The fraction of sp³-hybridized carbons (Fsp3) is 0.455. The van der Waals surface area contributed by atoms with E-state index < -0.39 is 0 Å². The van der Waals surface area contributed by atoms with E-state index in [9.17, 15) is 0 Å². The molecule has 2 heterocycles. The lowest BCUT2D eigenvalue weighted by atomic mass is 10.1. The van der Waals surface area contributed by atoms with Crippen molar-refractivity contribution in [2.24, 2.45) is 5.73 Å². The molecule has 1 unspecified atom stereocenters. The van der Waals surface area contributed by atoms with E-state index in [0.717, 1.165) is 17.0 Å². The van der Waals surface area contributed by atoms with Gasteiger partial charge in [-0.3, -0.25) is 0 Å². The standard InChI is InChI=1S/C11H14N4O/c12-9(6-16)8-3-4-10-13-11(7-1-2-7)14-15(10)5-8/h3-5,7,9,16H,1-2,6,12H2. The third-order valence-electron chi connectivity index (χ3n) is 2.94. The summed E-state index contributed by atoms with van der Waals surface area (Å²) in [6.07, 6.45) is 4.23. The summed E-state index contributed by atoms with van der Waals surface area (Å²) in [6, 6.07) is 3.43. The van der Waals surface area contributed by atoms with Gasteiger partial charge >= 0.3 is 0 Å². The number of aliphatic hydroxyl groups is 1. The van der Waals surface area contributed by atoms with Gasteiger partial charge in [0.15, 0.2) is 11.5 Å². The van der Waals surface area contributed by atoms with E-state index in [-0.39, 0.29) is 12.6 Å². The maximum absolute atomic E-state index is 8.99. The van der Waals surface area contributed by atoms with E-state index in [1.165, 1.54) is 12.8 Å². The summed E-state index contributed by atoms with van der Waals surface area (Å²) in [5, 5.41) is 13.4. The lowest BCUT2D eigenvalue weighted by Crippen LogP contribution is -2.15. The minimum atomic E-state index is -0.349. The number of nitrogens with zero attached hydrogens (tertiary/aromatic N) is 3. The molecule has 0 bridgehead atoms. The Morgan fingerprint density at radius 2 is 2.31 bits per heavy atom. The summed E-state index contributed by atoms with van der Waals surface area (Å²) in [6.45, 7) is -0.0598. The van der Waals surface area contributed by atoms with Crippen LogP contribution >= 0.6 is 0 Å². The minimum Gasteiger partial charge on any atom is -0.394 e. The zero-order valence-corrected chi connectivity index (χ0v) is 8.87. The van der Waals surface area contributed by atoms with Gasteiger partial charge in [-0.25, -0.2) is 9.50 Å². The Balaban J connectivity index is 2.02. The van der Waals surface area contributed by atoms with E-state index in [2.05, 4.69) is 10.1 Å². The van der Waals surface area contributed by atoms with Crippen molar-refractivity contribution < 1.29 is 5.11 Å². The molecule has 5 nitrogen and oxygen atoms in total. The second kappa shape index (κ2) is 3.54. The van der Waals surface area contributed by atoms with Crippen LogP contribution in [0.25, 0.3) is 5.65 Å². The van der Waals surface area contributed by atoms with Crippen LogP contribution in [-0.4, -0.2) is 26.3 Å². The zero-order valence-electron chi connectivity index (χ0n) is 8.87. The molecule has 0 amide bonds. The monoisotopic (exact) mass is 218 g/mol. The Labute approximate surface area is 92.9 Å². The first-order valence-electron chi connectivity index (χ1n) is 5.50. The van der Waals surface area contributed by atoms with Crippen LogP contribution in [0.5, 0.6) is 0 Å². The first kappa shape index (κ1) is 9.74. The normalized spacial score (nSPS) is 17.9. The summed E-state index contributed by atoms with van der Waals surface area (Å²) in [5.74, 6) is 1.48. The SMILES string of the molecule is NC(CO)c1ccc2nc(C3CC3)nn2c1. The van der Waals surface area contributed by atoms with Gasteiger partial charge in [0.2, 0.25) is 0 Å². The van der Waals surface area contributed by atoms with Gasteiger partial charge in [0.05, 0.1) is 12.6 Å². The van der Waals surface area contributed by atoms with Crippen molar-refractivity contribution in [3.63, 3.8) is 0 Å². The molecule has 1 saturated carbocycles. The maximum atomic E-state index is 8.99. The number of fused-ring (bicyclic) bond motifs is 1. The summed E-state index contributed by atoms with van der Waals surface area (Å²) < 4.78 is 1.75. The smallest absolute Gasteiger partial charge is 0.155 e. The highest BCUT2D eigenvalue weighted by Crippen LogP contribution is 2.38. The number of pyridine rings is 1. The second-order valence-electron chi connectivity index (χ2n) is 4.30. The van der Waals surface area contributed by atoms with Crippen molar-refractivity contribution in [3.05, 3.63) is 29.7 Å².